The number of rotatable bonds is 5. The minimum atomic E-state index is 0.113. The molecule has 1 saturated heterocycles. The van der Waals surface area contributed by atoms with E-state index in [9.17, 15) is 4.79 Å². The zero-order chi connectivity index (χ0) is 20.2. The summed E-state index contributed by atoms with van der Waals surface area (Å²) in [4.78, 5) is 22.0. The second-order valence-electron chi connectivity index (χ2n) is 8.49. The smallest absolute Gasteiger partial charge is 0.272 e. The summed E-state index contributed by atoms with van der Waals surface area (Å²) < 4.78 is 4.23. The van der Waals surface area contributed by atoms with Gasteiger partial charge in [-0.15, -0.1) is 0 Å². The molecular formula is C22H34N6O. The fraction of sp³-hybridized carbons (Fsp3) is 0.682. The van der Waals surface area contributed by atoms with Crippen LogP contribution >= 0.6 is 0 Å². The second kappa shape index (κ2) is 9.11. The van der Waals surface area contributed by atoms with Crippen molar-refractivity contribution in [3.8, 4) is 0 Å². The quantitative estimate of drug-likeness (QED) is 0.776. The molecule has 4 rings (SSSR count). The highest BCUT2D eigenvalue weighted by Gasteiger charge is 2.24. The van der Waals surface area contributed by atoms with Crippen molar-refractivity contribution < 1.29 is 4.79 Å². The number of aryl methyl sites for hydroxylation is 2. The third-order valence-electron chi connectivity index (χ3n) is 6.40. The zero-order valence-electron chi connectivity index (χ0n) is 17.9. The van der Waals surface area contributed by atoms with Gasteiger partial charge in [0.05, 0.1) is 17.7 Å². The van der Waals surface area contributed by atoms with E-state index in [4.69, 9.17) is 0 Å². The lowest BCUT2D eigenvalue weighted by atomic mass is 9.95. The Bertz CT molecular complexity index is 819. The first-order valence-electron chi connectivity index (χ1n) is 11.2. The standard InChI is InChI=1S/C22H34N6O/c1-3-28-21(14-18(2)24-28)22(29)26-11-7-10-25(12-13-26)16-20-15-23-17-27(20)19-8-5-4-6-9-19/h14-15,17,19H,3-13,16H2,1-2H3. The highest BCUT2D eigenvalue weighted by atomic mass is 16.2. The zero-order valence-corrected chi connectivity index (χ0v) is 17.9. The summed E-state index contributed by atoms with van der Waals surface area (Å²) >= 11 is 0. The molecule has 1 amide bonds. The highest BCUT2D eigenvalue weighted by Crippen LogP contribution is 2.29. The molecule has 0 spiro atoms. The van der Waals surface area contributed by atoms with E-state index in [0.29, 0.717) is 11.7 Å². The molecule has 3 heterocycles. The van der Waals surface area contributed by atoms with Crippen LogP contribution in [0.2, 0.25) is 0 Å². The van der Waals surface area contributed by atoms with Gasteiger partial charge in [-0.05, 0) is 39.2 Å². The molecule has 29 heavy (non-hydrogen) atoms. The fourth-order valence-electron chi connectivity index (χ4n) is 4.82. The maximum atomic E-state index is 13.1. The molecule has 2 aromatic rings. The summed E-state index contributed by atoms with van der Waals surface area (Å²) in [5, 5.41) is 4.44. The Morgan fingerprint density at radius 3 is 2.72 bits per heavy atom. The lowest BCUT2D eigenvalue weighted by molar-refractivity contribution is 0.0748. The average Bonchev–Trinajstić information content (AvgIpc) is 3.28. The molecule has 0 atom stereocenters. The van der Waals surface area contributed by atoms with Crippen molar-refractivity contribution in [1.82, 2.24) is 29.1 Å². The first-order chi connectivity index (χ1) is 14.2. The lowest BCUT2D eigenvalue weighted by Crippen LogP contribution is -2.36. The van der Waals surface area contributed by atoms with E-state index in [-0.39, 0.29) is 5.91 Å². The molecule has 0 N–H and O–H groups in total. The number of aromatic nitrogens is 4. The first kappa shape index (κ1) is 20.1. The van der Waals surface area contributed by atoms with Crippen LogP contribution < -0.4 is 0 Å². The summed E-state index contributed by atoms with van der Waals surface area (Å²) in [7, 11) is 0. The number of imidazole rings is 1. The van der Waals surface area contributed by atoms with Crippen molar-refractivity contribution in [1.29, 1.82) is 0 Å². The van der Waals surface area contributed by atoms with Gasteiger partial charge in [0.1, 0.15) is 5.69 Å². The van der Waals surface area contributed by atoms with Gasteiger partial charge in [-0.1, -0.05) is 19.3 Å². The number of hydrogen-bond acceptors (Lipinski definition) is 4. The highest BCUT2D eigenvalue weighted by molar-refractivity contribution is 5.92. The van der Waals surface area contributed by atoms with Crippen LogP contribution in [0.15, 0.2) is 18.6 Å². The van der Waals surface area contributed by atoms with Gasteiger partial charge in [-0.3, -0.25) is 14.4 Å². The van der Waals surface area contributed by atoms with Gasteiger partial charge in [-0.2, -0.15) is 5.10 Å². The van der Waals surface area contributed by atoms with Gasteiger partial charge >= 0.3 is 0 Å². The summed E-state index contributed by atoms with van der Waals surface area (Å²) in [6, 6.07) is 2.53. The van der Waals surface area contributed by atoms with E-state index < -0.39 is 0 Å². The topological polar surface area (TPSA) is 59.2 Å². The third-order valence-corrected chi connectivity index (χ3v) is 6.40. The van der Waals surface area contributed by atoms with Gasteiger partial charge in [0.15, 0.2) is 0 Å². The Labute approximate surface area is 173 Å². The van der Waals surface area contributed by atoms with E-state index in [2.05, 4.69) is 19.5 Å². The number of carbonyl (C=O) groups is 1. The maximum Gasteiger partial charge on any atom is 0.272 e. The number of carbonyl (C=O) groups excluding carboxylic acids is 1. The molecule has 2 aromatic heterocycles. The van der Waals surface area contributed by atoms with Gasteiger partial charge < -0.3 is 9.47 Å². The Morgan fingerprint density at radius 1 is 1.10 bits per heavy atom. The van der Waals surface area contributed by atoms with Crippen LogP contribution in [-0.4, -0.2) is 61.2 Å². The second-order valence-corrected chi connectivity index (χ2v) is 8.49. The minimum Gasteiger partial charge on any atom is -0.336 e. The van der Waals surface area contributed by atoms with Gasteiger partial charge in [0.2, 0.25) is 0 Å². The van der Waals surface area contributed by atoms with Crippen LogP contribution in [0.1, 0.15) is 73.4 Å². The predicted octanol–water partition coefficient (Wildman–Crippen LogP) is 3.26. The Kier molecular flexibility index (Phi) is 6.33. The predicted molar refractivity (Wildman–Crippen MR) is 113 cm³/mol. The molecule has 0 aromatic carbocycles. The summed E-state index contributed by atoms with van der Waals surface area (Å²) in [5.41, 5.74) is 2.94. The molecular weight excluding hydrogens is 364 g/mol. The largest absolute Gasteiger partial charge is 0.336 e. The molecule has 0 unspecified atom stereocenters. The molecule has 1 aliphatic carbocycles. The van der Waals surface area contributed by atoms with Gasteiger partial charge in [0, 0.05) is 51.5 Å². The van der Waals surface area contributed by atoms with Crippen LogP contribution in [0.4, 0.5) is 0 Å². The van der Waals surface area contributed by atoms with Crippen molar-refractivity contribution >= 4 is 5.91 Å². The van der Waals surface area contributed by atoms with E-state index in [1.165, 1.54) is 37.8 Å². The molecule has 2 fully saturated rings. The van der Waals surface area contributed by atoms with E-state index in [1.54, 1.807) is 0 Å². The molecule has 2 aliphatic rings. The average molecular weight is 399 g/mol. The van der Waals surface area contributed by atoms with Crippen LogP contribution in [0.5, 0.6) is 0 Å². The molecule has 7 nitrogen and oxygen atoms in total. The Morgan fingerprint density at radius 2 is 1.93 bits per heavy atom. The molecule has 0 radical (unpaired) electrons. The number of amides is 1. The summed E-state index contributed by atoms with van der Waals surface area (Å²) in [6.07, 6.45) is 11.6. The first-order valence-corrected chi connectivity index (χ1v) is 11.2. The Balaban J connectivity index is 1.38. The van der Waals surface area contributed by atoms with Crippen molar-refractivity contribution in [2.75, 3.05) is 26.2 Å². The molecule has 158 valence electrons. The van der Waals surface area contributed by atoms with Crippen molar-refractivity contribution in [2.24, 2.45) is 0 Å². The van der Waals surface area contributed by atoms with Crippen molar-refractivity contribution in [3.05, 3.63) is 35.7 Å². The van der Waals surface area contributed by atoms with Gasteiger partial charge in [-0.25, -0.2) is 4.98 Å². The molecule has 1 saturated carbocycles. The normalized spacial score (nSPS) is 19.4. The van der Waals surface area contributed by atoms with Crippen LogP contribution in [0.25, 0.3) is 0 Å². The SMILES string of the molecule is CCn1nc(C)cc1C(=O)N1CCCN(Cc2cncn2C2CCCCC2)CC1. The van der Waals surface area contributed by atoms with E-state index >= 15 is 0 Å². The fourth-order valence-corrected chi connectivity index (χ4v) is 4.82. The monoisotopic (exact) mass is 398 g/mol. The van der Waals surface area contributed by atoms with Crippen LogP contribution in [0.3, 0.4) is 0 Å². The number of nitrogens with zero attached hydrogens (tertiary/aromatic N) is 6. The third kappa shape index (κ3) is 4.55. The van der Waals surface area contributed by atoms with Crippen molar-refractivity contribution in [3.63, 3.8) is 0 Å². The molecule has 7 heteroatoms. The summed E-state index contributed by atoms with van der Waals surface area (Å²) in [5.74, 6) is 0.113. The van der Waals surface area contributed by atoms with E-state index in [0.717, 1.165) is 51.4 Å². The molecule has 1 aliphatic heterocycles. The Hall–Kier alpha value is -2.15. The van der Waals surface area contributed by atoms with Crippen molar-refractivity contribution in [2.45, 2.75) is 71.5 Å². The maximum absolute atomic E-state index is 13.1. The summed E-state index contributed by atoms with van der Waals surface area (Å²) in [6.45, 7) is 9.12. The van der Waals surface area contributed by atoms with Gasteiger partial charge in [0.25, 0.3) is 5.91 Å². The van der Waals surface area contributed by atoms with E-state index in [1.807, 2.05) is 42.0 Å². The van der Waals surface area contributed by atoms with Crippen LogP contribution in [-0.2, 0) is 13.1 Å². The number of hydrogen-bond donors (Lipinski definition) is 0. The van der Waals surface area contributed by atoms with Crippen LogP contribution in [0, 0.1) is 6.92 Å². The molecule has 0 bridgehead atoms. The minimum absolute atomic E-state index is 0.113. The lowest BCUT2D eigenvalue weighted by Gasteiger charge is -2.27.